The van der Waals surface area contributed by atoms with Gasteiger partial charge in [-0.25, -0.2) is 4.79 Å². The van der Waals surface area contributed by atoms with Crippen molar-refractivity contribution < 1.29 is 19.4 Å². The van der Waals surface area contributed by atoms with Gasteiger partial charge in [0.05, 0.1) is 18.6 Å². The molecule has 1 heterocycles. The molecule has 1 aromatic rings. The van der Waals surface area contributed by atoms with Crippen molar-refractivity contribution in [3.8, 4) is 5.75 Å². The van der Waals surface area contributed by atoms with E-state index in [0.717, 1.165) is 0 Å². The summed E-state index contributed by atoms with van der Waals surface area (Å²) in [4.78, 5) is 24.7. The maximum Gasteiger partial charge on any atom is 0.327 e. The van der Waals surface area contributed by atoms with Gasteiger partial charge in [-0.05, 0) is 12.1 Å². The van der Waals surface area contributed by atoms with E-state index < -0.39 is 12.0 Å². The van der Waals surface area contributed by atoms with Gasteiger partial charge in [0.2, 0.25) is 0 Å². The van der Waals surface area contributed by atoms with E-state index in [0.29, 0.717) is 22.9 Å². The van der Waals surface area contributed by atoms with E-state index in [-0.39, 0.29) is 11.6 Å². The van der Waals surface area contributed by atoms with Crippen LogP contribution in [0.1, 0.15) is 10.4 Å². The number of nitrogen functional groups attached to an aromatic ring is 1. The smallest absolute Gasteiger partial charge is 0.327 e. The topological polar surface area (TPSA) is 92.9 Å². The largest absolute Gasteiger partial charge is 0.497 e. The number of methoxy groups -OCH3 is 1. The van der Waals surface area contributed by atoms with Crippen LogP contribution in [0.25, 0.3) is 0 Å². The zero-order valence-electron chi connectivity index (χ0n) is 10.3. The molecular formula is C12H14N2O4S. The molecule has 6 nitrogen and oxygen atoms in total. The van der Waals surface area contributed by atoms with Crippen molar-refractivity contribution in [2.75, 3.05) is 24.5 Å². The summed E-state index contributed by atoms with van der Waals surface area (Å²) in [6.45, 7) is 0. The molecule has 0 spiro atoms. The van der Waals surface area contributed by atoms with Crippen molar-refractivity contribution in [3.63, 3.8) is 0 Å². The SMILES string of the molecule is COc1ccc(C(=O)N2CSC[C@H]2C(=O)O)c(N)c1. The molecule has 1 saturated heterocycles. The van der Waals surface area contributed by atoms with Crippen molar-refractivity contribution in [1.82, 2.24) is 4.90 Å². The van der Waals surface area contributed by atoms with Gasteiger partial charge in [-0.2, -0.15) is 0 Å². The molecule has 19 heavy (non-hydrogen) atoms. The van der Waals surface area contributed by atoms with Crippen LogP contribution < -0.4 is 10.5 Å². The molecule has 1 aromatic carbocycles. The number of ether oxygens (including phenoxy) is 1. The van der Waals surface area contributed by atoms with E-state index in [2.05, 4.69) is 0 Å². The Morgan fingerprint density at radius 1 is 1.53 bits per heavy atom. The lowest BCUT2D eigenvalue weighted by Crippen LogP contribution is -2.41. The first-order valence-electron chi connectivity index (χ1n) is 5.59. The minimum absolute atomic E-state index is 0.283. The predicted octanol–water partition coefficient (Wildman–Crippen LogP) is 0.877. The highest BCUT2D eigenvalue weighted by molar-refractivity contribution is 7.99. The summed E-state index contributed by atoms with van der Waals surface area (Å²) in [5.74, 6) is -0.0408. The molecule has 0 radical (unpaired) electrons. The van der Waals surface area contributed by atoms with Gasteiger partial charge in [-0.3, -0.25) is 4.79 Å². The first-order chi connectivity index (χ1) is 9.04. The third kappa shape index (κ3) is 2.60. The van der Waals surface area contributed by atoms with Crippen molar-refractivity contribution >= 4 is 29.3 Å². The van der Waals surface area contributed by atoms with E-state index in [1.807, 2.05) is 0 Å². The van der Waals surface area contributed by atoms with Gasteiger partial charge in [-0.1, -0.05) is 0 Å². The number of carbonyl (C=O) groups excluding carboxylic acids is 1. The Labute approximate surface area is 114 Å². The third-order valence-corrected chi connectivity index (χ3v) is 3.93. The molecule has 3 N–H and O–H groups in total. The standard InChI is InChI=1S/C12H14N2O4S/c1-18-7-2-3-8(9(13)4-7)11(15)14-6-19-5-10(14)12(16)17/h2-4,10H,5-6,13H2,1H3,(H,16,17)/t10-/m0/s1. The number of nitrogens with zero attached hydrogens (tertiary/aromatic N) is 1. The average Bonchev–Trinajstić information content (AvgIpc) is 2.87. The van der Waals surface area contributed by atoms with Crippen LogP contribution in [0.4, 0.5) is 5.69 Å². The molecule has 7 heteroatoms. The minimum Gasteiger partial charge on any atom is -0.497 e. The molecule has 0 bridgehead atoms. The molecule has 0 aliphatic carbocycles. The number of hydrogen-bond acceptors (Lipinski definition) is 5. The zero-order chi connectivity index (χ0) is 14.0. The van der Waals surface area contributed by atoms with Crippen molar-refractivity contribution in [3.05, 3.63) is 23.8 Å². The summed E-state index contributed by atoms with van der Waals surface area (Å²) in [6, 6.07) is 3.94. The monoisotopic (exact) mass is 282 g/mol. The highest BCUT2D eigenvalue weighted by atomic mass is 32.2. The fourth-order valence-corrected chi connectivity index (χ4v) is 3.01. The maximum atomic E-state index is 12.3. The number of hydrogen-bond donors (Lipinski definition) is 2. The molecule has 1 fully saturated rings. The van der Waals surface area contributed by atoms with E-state index in [1.54, 1.807) is 18.2 Å². The fourth-order valence-electron chi connectivity index (χ4n) is 1.86. The van der Waals surface area contributed by atoms with Crippen LogP contribution in [-0.4, -0.2) is 46.7 Å². The number of carboxylic acids is 1. The molecule has 1 atom stereocenters. The Hall–Kier alpha value is -1.89. The summed E-state index contributed by atoms with van der Waals surface area (Å²) >= 11 is 1.41. The van der Waals surface area contributed by atoms with Gasteiger partial charge in [0.25, 0.3) is 5.91 Å². The Bertz CT molecular complexity index is 520. The van der Waals surface area contributed by atoms with Gasteiger partial charge < -0.3 is 20.5 Å². The van der Waals surface area contributed by atoms with Gasteiger partial charge in [0.15, 0.2) is 0 Å². The highest BCUT2D eigenvalue weighted by Crippen LogP contribution is 2.26. The van der Waals surface area contributed by atoms with Crippen LogP contribution in [0.3, 0.4) is 0 Å². The van der Waals surface area contributed by atoms with Crippen molar-refractivity contribution in [2.24, 2.45) is 0 Å². The quantitative estimate of drug-likeness (QED) is 0.799. The number of anilines is 1. The Morgan fingerprint density at radius 2 is 2.26 bits per heavy atom. The minimum atomic E-state index is -0.995. The average molecular weight is 282 g/mol. The maximum absolute atomic E-state index is 12.3. The van der Waals surface area contributed by atoms with E-state index in [1.165, 1.54) is 23.8 Å². The lowest BCUT2D eigenvalue weighted by molar-refractivity contribution is -0.140. The summed E-state index contributed by atoms with van der Waals surface area (Å²) in [7, 11) is 1.51. The number of rotatable bonds is 3. The van der Waals surface area contributed by atoms with E-state index in [9.17, 15) is 9.59 Å². The number of nitrogens with two attached hydrogens (primary N) is 1. The molecule has 0 saturated carbocycles. The second kappa shape index (κ2) is 5.40. The molecule has 2 rings (SSSR count). The first kappa shape index (κ1) is 13.5. The van der Waals surface area contributed by atoms with Crippen molar-refractivity contribution in [2.45, 2.75) is 6.04 Å². The predicted molar refractivity (Wildman–Crippen MR) is 72.3 cm³/mol. The Morgan fingerprint density at radius 3 is 2.84 bits per heavy atom. The van der Waals surface area contributed by atoms with Crippen molar-refractivity contribution in [1.29, 1.82) is 0 Å². The van der Waals surface area contributed by atoms with Crippen LogP contribution >= 0.6 is 11.8 Å². The molecule has 1 aliphatic heterocycles. The lowest BCUT2D eigenvalue weighted by atomic mass is 10.1. The first-order valence-corrected chi connectivity index (χ1v) is 6.75. The molecule has 1 aliphatic rings. The summed E-state index contributed by atoms with van der Waals surface area (Å²) in [5, 5.41) is 9.07. The normalized spacial score (nSPS) is 18.4. The van der Waals surface area contributed by atoms with Gasteiger partial charge >= 0.3 is 5.97 Å². The fraction of sp³-hybridized carbons (Fsp3) is 0.333. The van der Waals surface area contributed by atoms with E-state index >= 15 is 0 Å². The van der Waals surface area contributed by atoms with Gasteiger partial charge in [0.1, 0.15) is 11.8 Å². The molecule has 1 amide bonds. The van der Waals surface area contributed by atoms with Crippen LogP contribution in [0.5, 0.6) is 5.75 Å². The number of carboxylic acid groups (broad SMARTS) is 1. The Kier molecular flexibility index (Phi) is 3.84. The summed E-state index contributed by atoms with van der Waals surface area (Å²) in [5.41, 5.74) is 6.39. The number of thioether (sulfide) groups is 1. The van der Waals surface area contributed by atoms with Crippen LogP contribution in [-0.2, 0) is 4.79 Å². The van der Waals surface area contributed by atoms with E-state index in [4.69, 9.17) is 15.6 Å². The summed E-state index contributed by atoms with van der Waals surface area (Å²) < 4.78 is 5.01. The summed E-state index contributed by atoms with van der Waals surface area (Å²) in [6.07, 6.45) is 0. The number of benzene rings is 1. The number of aliphatic carboxylic acids is 1. The Balaban J connectivity index is 2.26. The third-order valence-electron chi connectivity index (χ3n) is 2.92. The molecule has 102 valence electrons. The number of amides is 1. The zero-order valence-corrected chi connectivity index (χ0v) is 11.1. The van der Waals surface area contributed by atoms with Crippen LogP contribution in [0.15, 0.2) is 18.2 Å². The second-order valence-electron chi connectivity index (χ2n) is 4.08. The number of carbonyl (C=O) groups is 2. The second-order valence-corrected chi connectivity index (χ2v) is 5.08. The molecule has 0 unspecified atom stereocenters. The van der Waals surface area contributed by atoms with Gasteiger partial charge in [0, 0.05) is 17.5 Å². The highest BCUT2D eigenvalue weighted by Gasteiger charge is 2.35. The van der Waals surface area contributed by atoms with Crippen LogP contribution in [0.2, 0.25) is 0 Å². The molecule has 0 aromatic heterocycles. The molecular weight excluding hydrogens is 268 g/mol. The lowest BCUT2D eigenvalue weighted by Gasteiger charge is -2.21. The van der Waals surface area contributed by atoms with Gasteiger partial charge in [-0.15, -0.1) is 11.8 Å². The van der Waals surface area contributed by atoms with Crippen LogP contribution in [0, 0.1) is 0 Å².